The van der Waals surface area contributed by atoms with Gasteiger partial charge in [-0.3, -0.25) is 33.5 Å². The number of hydrogen-bond acceptors (Lipinski definition) is 8. The van der Waals surface area contributed by atoms with Crippen molar-refractivity contribution in [2.75, 3.05) is 5.32 Å². The molecule has 0 fully saturated rings. The van der Waals surface area contributed by atoms with Crippen LogP contribution >= 0.6 is 0 Å². The van der Waals surface area contributed by atoms with Crippen LogP contribution in [0.3, 0.4) is 0 Å². The number of carbonyl (C=O) groups is 2. The molecule has 12 nitrogen and oxygen atoms in total. The van der Waals surface area contributed by atoms with Crippen molar-refractivity contribution in [1.29, 1.82) is 0 Å². The van der Waals surface area contributed by atoms with Gasteiger partial charge in [-0.25, -0.2) is 14.8 Å². The maximum atomic E-state index is 13.3. The summed E-state index contributed by atoms with van der Waals surface area (Å²) in [6.07, 6.45) is 0.258. The van der Waals surface area contributed by atoms with Gasteiger partial charge in [-0.05, 0) is 26.8 Å². The van der Waals surface area contributed by atoms with E-state index in [4.69, 9.17) is 0 Å². The average molecular weight is 530 g/mol. The number of rotatable bonds is 6. The number of pyridine rings is 1. The Morgan fingerprint density at radius 2 is 1.84 bits per heavy atom. The fourth-order valence-electron chi connectivity index (χ4n) is 3.83. The van der Waals surface area contributed by atoms with Gasteiger partial charge < -0.3 is 9.88 Å². The van der Waals surface area contributed by atoms with Gasteiger partial charge in [0.25, 0.3) is 5.56 Å². The van der Waals surface area contributed by atoms with Gasteiger partial charge >= 0.3 is 11.9 Å². The fraction of sp³-hybridized carbons (Fsp3) is 0.304. The summed E-state index contributed by atoms with van der Waals surface area (Å²) in [5, 5.41) is 2.52. The van der Waals surface area contributed by atoms with E-state index in [2.05, 4.69) is 25.3 Å². The Hall–Kier alpha value is -4.69. The minimum absolute atomic E-state index is 0.0218. The summed E-state index contributed by atoms with van der Waals surface area (Å²) in [6, 6.07) is -0.145. The number of aromatic nitrogens is 7. The first-order valence-corrected chi connectivity index (χ1v) is 11.1. The number of imidazole rings is 1. The highest BCUT2D eigenvalue weighted by molar-refractivity contribution is 5.93. The Labute approximate surface area is 211 Å². The predicted octanol–water partition coefficient (Wildman–Crippen LogP) is 1.86. The van der Waals surface area contributed by atoms with E-state index in [9.17, 15) is 32.3 Å². The summed E-state index contributed by atoms with van der Waals surface area (Å²) in [7, 11) is 1.38. The summed E-state index contributed by atoms with van der Waals surface area (Å²) in [4.78, 5) is 66.1. The van der Waals surface area contributed by atoms with E-state index >= 15 is 0 Å². The first-order chi connectivity index (χ1) is 17.8. The lowest BCUT2D eigenvalue weighted by molar-refractivity contribution is -0.138. The lowest BCUT2D eigenvalue weighted by Crippen LogP contribution is -2.41. The first kappa shape index (κ1) is 26.4. The van der Waals surface area contributed by atoms with Gasteiger partial charge in [0.05, 0.1) is 36.5 Å². The van der Waals surface area contributed by atoms with Gasteiger partial charge in [-0.1, -0.05) is 0 Å². The Balaban J connectivity index is 1.66. The number of carbonyl (C=O) groups excluding carboxylic acids is 2. The summed E-state index contributed by atoms with van der Waals surface area (Å²) in [6.45, 7) is 3.49. The molecule has 1 unspecified atom stereocenters. The van der Waals surface area contributed by atoms with Crippen molar-refractivity contribution < 1.29 is 22.8 Å². The van der Waals surface area contributed by atoms with Gasteiger partial charge in [-0.15, -0.1) is 0 Å². The number of Topliss-reactive ketones (excluding diaryl/α,β-unsaturated/α-hetero) is 1. The normalized spacial score (nSPS) is 12.5. The van der Waals surface area contributed by atoms with E-state index in [1.807, 2.05) is 0 Å². The number of hydrogen-bond donors (Lipinski definition) is 1. The second kappa shape index (κ2) is 9.64. The standard InChI is InChI=1S/C23H21F3N8O4/c1-11(35)9-33-21(37)18-19(32(4)22(33)38)29-10-34(18)13(3)20(36)31-17-8-27-7-16(30-17)14-5-15(23(24,25)26)12(2)28-6-14/h5-8,10,13H,9H2,1-4H3,(H,30,31,36). The predicted molar refractivity (Wildman–Crippen MR) is 128 cm³/mol. The molecule has 0 saturated carbocycles. The molecule has 4 heterocycles. The fourth-order valence-corrected chi connectivity index (χ4v) is 3.83. The molecule has 4 aromatic heterocycles. The lowest BCUT2D eigenvalue weighted by atomic mass is 10.1. The molecule has 0 aliphatic rings. The molecule has 0 aliphatic carbocycles. The minimum atomic E-state index is -4.61. The van der Waals surface area contributed by atoms with Crippen molar-refractivity contribution in [2.45, 2.75) is 39.5 Å². The molecule has 0 saturated heterocycles. The highest BCUT2D eigenvalue weighted by Crippen LogP contribution is 2.33. The summed E-state index contributed by atoms with van der Waals surface area (Å²) in [5.41, 5.74) is -2.59. The largest absolute Gasteiger partial charge is 0.418 e. The number of aryl methyl sites for hydroxylation is 2. The zero-order valence-corrected chi connectivity index (χ0v) is 20.6. The second-order valence-electron chi connectivity index (χ2n) is 8.57. The van der Waals surface area contributed by atoms with Gasteiger partial charge in [0.1, 0.15) is 11.8 Å². The molecule has 1 atom stereocenters. The maximum Gasteiger partial charge on any atom is 0.418 e. The summed E-state index contributed by atoms with van der Waals surface area (Å²) >= 11 is 0. The van der Waals surface area contributed by atoms with Gasteiger partial charge in [0, 0.05) is 24.5 Å². The van der Waals surface area contributed by atoms with Crippen molar-refractivity contribution in [3.63, 3.8) is 0 Å². The van der Waals surface area contributed by atoms with E-state index in [1.165, 1.54) is 57.3 Å². The van der Waals surface area contributed by atoms with E-state index in [-0.39, 0.29) is 33.9 Å². The molecule has 0 radical (unpaired) electrons. The molecule has 4 rings (SSSR count). The molecule has 0 bridgehead atoms. The minimum Gasteiger partial charge on any atom is -0.312 e. The molecular formula is C23H21F3N8O4. The topological polar surface area (TPSA) is 147 Å². The molecule has 15 heteroatoms. The molecule has 0 spiro atoms. The molecule has 1 amide bonds. The maximum absolute atomic E-state index is 13.3. The third-order valence-corrected chi connectivity index (χ3v) is 5.81. The Kier molecular flexibility index (Phi) is 6.69. The summed E-state index contributed by atoms with van der Waals surface area (Å²) in [5.74, 6) is -1.12. The zero-order valence-electron chi connectivity index (χ0n) is 20.6. The number of ketones is 1. The Morgan fingerprint density at radius 1 is 1.13 bits per heavy atom. The van der Waals surface area contributed by atoms with E-state index in [0.29, 0.717) is 0 Å². The highest BCUT2D eigenvalue weighted by Gasteiger charge is 2.33. The second-order valence-corrected chi connectivity index (χ2v) is 8.57. The van der Waals surface area contributed by atoms with Crippen molar-refractivity contribution in [3.8, 4) is 11.3 Å². The Morgan fingerprint density at radius 3 is 2.50 bits per heavy atom. The van der Waals surface area contributed by atoms with Crippen LogP contribution in [0.1, 0.15) is 31.1 Å². The van der Waals surface area contributed by atoms with Gasteiger partial charge in [0.15, 0.2) is 17.0 Å². The molecule has 4 aromatic rings. The van der Waals surface area contributed by atoms with E-state index in [1.54, 1.807) is 0 Å². The molecule has 1 N–H and O–H groups in total. The van der Waals surface area contributed by atoms with Crippen molar-refractivity contribution in [3.05, 3.63) is 63.1 Å². The van der Waals surface area contributed by atoms with Crippen LogP contribution < -0.4 is 16.6 Å². The SMILES string of the molecule is CC(=O)Cn1c(=O)c2c(ncn2C(C)C(=O)Nc2cncc(-c3cnc(C)c(C(F)(F)F)c3)n2)n(C)c1=O. The number of anilines is 1. The van der Waals surface area contributed by atoms with E-state index < -0.39 is 47.3 Å². The van der Waals surface area contributed by atoms with Gasteiger partial charge in [-0.2, -0.15) is 13.2 Å². The van der Waals surface area contributed by atoms with Crippen molar-refractivity contribution in [2.24, 2.45) is 7.05 Å². The van der Waals surface area contributed by atoms with Crippen molar-refractivity contribution in [1.82, 2.24) is 33.6 Å². The van der Waals surface area contributed by atoms with Crippen LogP contribution in [0.4, 0.5) is 19.0 Å². The third kappa shape index (κ3) is 4.81. The van der Waals surface area contributed by atoms with E-state index in [0.717, 1.165) is 15.2 Å². The Bertz CT molecular complexity index is 1700. The average Bonchev–Trinajstić information content (AvgIpc) is 3.30. The van der Waals surface area contributed by atoms with Crippen LogP contribution in [0, 0.1) is 6.92 Å². The molecule has 198 valence electrons. The van der Waals surface area contributed by atoms with Crippen LogP contribution in [0.25, 0.3) is 22.4 Å². The smallest absolute Gasteiger partial charge is 0.312 e. The number of amides is 1. The van der Waals surface area contributed by atoms with Gasteiger partial charge in [0.2, 0.25) is 5.91 Å². The number of nitrogens with one attached hydrogen (secondary N) is 1. The monoisotopic (exact) mass is 530 g/mol. The molecule has 38 heavy (non-hydrogen) atoms. The van der Waals surface area contributed by atoms with Crippen LogP contribution in [0.5, 0.6) is 0 Å². The molecular weight excluding hydrogens is 509 g/mol. The van der Waals surface area contributed by atoms with Crippen LogP contribution in [0.15, 0.2) is 40.6 Å². The van der Waals surface area contributed by atoms with Crippen LogP contribution in [-0.2, 0) is 29.4 Å². The number of fused-ring (bicyclic) bond motifs is 1. The zero-order chi connectivity index (χ0) is 27.9. The quantitative estimate of drug-likeness (QED) is 0.398. The molecule has 0 aliphatic heterocycles. The van der Waals surface area contributed by atoms with Crippen LogP contribution in [-0.4, -0.2) is 45.3 Å². The molecule has 0 aromatic carbocycles. The first-order valence-electron chi connectivity index (χ1n) is 11.1. The number of halogens is 3. The third-order valence-electron chi connectivity index (χ3n) is 5.81. The highest BCUT2D eigenvalue weighted by atomic mass is 19.4. The summed E-state index contributed by atoms with van der Waals surface area (Å²) < 4.78 is 43.0. The number of alkyl halides is 3. The van der Waals surface area contributed by atoms with Crippen molar-refractivity contribution >= 4 is 28.7 Å². The lowest BCUT2D eigenvalue weighted by Gasteiger charge is -2.15. The van der Waals surface area contributed by atoms with Crippen LogP contribution in [0.2, 0.25) is 0 Å². The number of nitrogens with zero attached hydrogens (tertiary/aromatic N) is 7.